The van der Waals surface area contributed by atoms with Gasteiger partial charge in [-0.3, -0.25) is 14.4 Å². The highest BCUT2D eigenvalue weighted by Gasteiger charge is 2.12. The molecular formula is C14H21N5O. The van der Waals surface area contributed by atoms with Crippen LogP contribution >= 0.6 is 0 Å². The molecule has 1 fully saturated rings. The summed E-state index contributed by atoms with van der Waals surface area (Å²) in [6.45, 7) is 2.90. The fourth-order valence-corrected chi connectivity index (χ4v) is 2.84. The minimum Gasteiger partial charge on any atom is -0.309 e. The summed E-state index contributed by atoms with van der Waals surface area (Å²) in [7, 11) is 1.81. The van der Waals surface area contributed by atoms with E-state index < -0.39 is 0 Å². The number of aromatic nitrogens is 4. The van der Waals surface area contributed by atoms with Crippen molar-refractivity contribution in [3.05, 3.63) is 22.4 Å². The van der Waals surface area contributed by atoms with Crippen LogP contribution in [-0.2, 0) is 13.6 Å². The molecule has 1 N–H and O–H groups in total. The Labute approximate surface area is 117 Å². The molecule has 6 nitrogen and oxygen atoms in total. The van der Waals surface area contributed by atoms with Crippen LogP contribution in [0.3, 0.4) is 0 Å². The van der Waals surface area contributed by atoms with Gasteiger partial charge >= 0.3 is 0 Å². The van der Waals surface area contributed by atoms with Gasteiger partial charge in [-0.15, -0.1) is 0 Å². The molecule has 0 unspecified atom stereocenters. The van der Waals surface area contributed by atoms with E-state index in [2.05, 4.69) is 20.0 Å². The molecule has 0 spiro atoms. The van der Waals surface area contributed by atoms with Crippen molar-refractivity contribution < 1.29 is 0 Å². The molecule has 0 radical (unpaired) electrons. The molecule has 2 aromatic rings. The third-order valence-corrected chi connectivity index (χ3v) is 3.97. The van der Waals surface area contributed by atoms with E-state index in [4.69, 9.17) is 0 Å². The second-order valence-electron chi connectivity index (χ2n) is 5.56. The minimum atomic E-state index is -0.0925. The monoisotopic (exact) mass is 275 g/mol. The van der Waals surface area contributed by atoms with Crippen molar-refractivity contribution in [1.82, 2.24) is 24.6 Å². The summed E-state index contributed by atoms with van der Waals surface area (Å²) in [6.07, 6.45) is 8.00. The molecule has 1 aliphatic heterocycles. The van der Waals surface area contributed by atoms with Gasteiger partial charge < -0.3 is 4.98 Å². The lowest BCUT2D eigenvalue weighted by Crippen LogP contribution is -2.29. The number of hydrogen-bond acceptors (Lipinski definition) is 4. The van der Waals surface area contributed by atoms with Crippen LogP contribution in [0, 0.1) is 0 Å². The van der Waals surface area contributed by atoms with Crippen LogP contribution in [-0.4, -0.2) is 37.7 Å². The molecule has 1 saturated heterocycles. The van der Waals surface area contributed by atoms with Crippen molar-refractivity contribution in [3.8, 4) is 0 Å². The summed E-state index contributed by atoms with van der Waals surface area (Å²) in [5.74, 6) is 0.742. The maximum absolute atomic E-state index is 12.0. The van der Waals surface area contributed by atoms with E-state index in [1.54, 1.807) is 10.9 Å². The van der Waals surface area contributed by atoms with Crippen LogP contribution in [0.2, 0.25) is 0 Å². The first-order chi connectivity index (χ1) is 9.74. The average Bonchev–Trinajstić information content (AvgIpc) is 2.75. The second kappa shape index (κ2) is 5.75. The summed E-state index contributed by atoms with van der Waals surface area (Å²) in [6, 6.07) is 0. The number of H-pyrrole nitrogens is 1. The third-order valence-electron chi connectivity index (χ3n) is 3.97. The molecule has 3 rings (SSSR count). The van der Waals surface area contributed by atoms with Crippen molar-refractivity contribution >= 4 is 11.0 Å². The summed E-state index contributed by atoms with van der Waals surface area (Å²) in [4.78, 5) is 21.8. The molecule has 3 heterocycles. The lowest BCUT2D eigenvalue weighted by atomic mass is 10.1. The number of hydrogen-bond donors (Lipinski definition) is 1. The SMILES string of the molecule is Cn1ncc2c(=O)[nH]c(CN3CCCCCCC3)nc21. The van der Waals surface area contributed by atoms with Gasteiger partial charge in [0, 0.05) is 7.05 Å². The lowest BCUT2D eigenvalue weighted by Gasteiger charge is -2.23. The number of aryl methyl sites for hydroxylation is 1. The maximum atomic E-state index is 12.0. The standard InChI is InChI=1S/C14H21N5O/c1-18-13-11(9-15-18)14(20)17-12(16-13)10-19-7-5-3-2-4-6-8-19/h9H,2-8,10H2,1H3,(H,16,17,20). The Morgan fingerprint density at radius 3 is 2.65 bits per heavy atom. The Hall–Kier alpha value is -1.69. The molecule has 6 heteroatoms. The van der Waals surface area contributed by atoms with Gasteiger partial charge in [0.05, 0.1) is 12.7 Å². The molecule has 20 heavy (non-hydrogen) atoms. The van der Waals surface area contributed by atoms with Crippen LogP contribution in [0.1, 0.15) is 37.9 Å². The smallest absolute Gasteiger partial charge is 0.262 e. The molecule has 1 aliphatic rings. The number of likely N-dealkylation sites (tertiary alicyclic amines) is 1. The molecule has 0 bridgehead atoms. The molecule has 0 aromatic carbocycles. The van der Waals surface area contributed by atoms with E-state index in [1.807, 2.05) is 7.05 Å². The molecule has 0 aliphatic carbocycles. The number of fused-ring (bicyclic) bond motifs is 1. The van der Waals surface area contributed by atoms with Crippen molar-refractivity contribution in [3.63, 3.8) is 0 Å². The third kappa shape index (κ3) is 2.75. The molecule has 108 valence electrons. The van der Waals surface area contributed by atoms with E-state index in [9.17, 15) is 4.79 Å². The van der Waals surface area contributed by atoms with Gasteiger partial charge in [-0.25, -0.2) is 4.98 Å². The van der Waals surface area contributed by atoms with Gasteiger partial charge in [0.1, 0.15) is 11.2 Å². The van der Waals surface area contributed by atoms with Crippen molar-refractivity contribution in [1.29, 1.82) is 0 Å². The fraction of sp³-hybridized carbons (Fsp3) is 0.643. The van der Waals surface area contributed by atoms with Gasteiger partial charge in [-0.05, 0) is 25.9 Å². The van der Waals surface area contributed by atoms with Gasteiger partial charge in [0.25, 0.3) is 5.56 Å². The zero-order valence-corrected chi connectivity index (χ0v) is 11.9. The fourth-order valence-electron chi connectivity index (χ4n) is 2.84. The zero-order valence-electron chi connectivity index (χ0n) is 11.9. The van der Waals surface area contributed by atoms with E-state index in [0.29, 0.717) is 11.0 Å². The van der Waals surface area contributed by atoms with E-state index >= 15 is 0 Å². The van der Waals surface area contributed by atoms with Gasteiger partial charge in [0.2, 0.25) is 0 Å². The second-order valence-corrected chi connectivity index (χ2v) is 5.56. The summed E-state index contributed by atoms with van der Waals surface area (Å²) in [5.41, 5.74) is 0.570. The van der Waals surface area contributed by atoms with E-state index in [0.717, 1.165) is 25.5 Å². The predicted octanol–water partition coefficient (Wildman–Crippen LogP) is 1.42. The van der Waals surface area contributed by atoms with Crippen LogP contribution in [0.25, 0.3) is 11.0 Å². The quantitative estimate of drug-likeness (QED) is 0.900. The Balaban J connectivity index is 1.82. The van der Waals surface area contributed by atoms with Gasteiger partial charge in [0.15, 0.2) is 5.65 Å². The minimum absolute atomic E-state index is 0.0925. The largest absolute Gasteiger partial charge is 0.309 e. The Morgan fingerprint density at radius 1 is 1.20 bits per heavy atom. The number of rotatable bonds is 2. The van der Waals surface area contributed by atoms with Crippen LogP contribution in [0.15, 0.2) is 11.0 Å². The van der Waals surface area contributed by atoms with Crippen molar-refractivity contribution in [2.24, 2.45) is 7.05 Å². The summed E-state index contributed by atoms with van der Waals surface area (Å²) >= 11 is 0. The lowest BCUT2D eigenvalue weighted by molar-refractivity contribution is 0.234. The highest BCUT2D eigenvalue weighted by atomic mass is 16.1. The molecule has 0 saturated carbocycles. The molecular weight excluding hydrogens is 254 g/mol. The summed E-state index contributed by atoms with van der Waals surface area (Å²) in [5, 5.41) is 4.65. The summed E-state index contributed by atoms with van der Waals surface area (Å²) < 4.78 is 1.65. The number of nitrogens with one attached hydrogen (secondary N) is 1. The molecule has 0 atom stereocenters. The highest BCUT2D eigenvalue weighted by molar-refractivity contribution is 5.72. The first kappa shape index (κ1) is 13.3. The predicted molar refractivity (Wildman–Crippen MR) is 77.5 cm³/mol. The Bertz CT molecular complexity index is 637. The molecule has 2 aromatic heterocycles. The first-order valence-electron chi connectivity index (χ1n) is 7.37. The Morgan fingerprint density at radius 2 is 1.90 bits per heavy atom. The van der Waals surface area contributed by atoms with Crippen molar-refractivity contribution in [2.45, 2.75) is 38.6 Å². The van der Waals surface area contributed by atoms with E-state index in [-0.39, 0.29) is 5.56 Å². The van der Waals surface area contributed by atoms with Crippen LogP contribution < -0.4 is 5.56 Å². The van der Waals surface area contributed by atoms with Crippen LogP contribution in [0.5, 0.6) is 0 Å². The van der Waals surface area contributed by atoms with Crippen LogP contribution in [0.4, 0.5) is 0 Å². The number of aromatic amines is 1. The van der Waals surface area contributed by atoms with E-state index in [1.165, 1.54) is 32.1 Å². The number of nitrogens with zero attached hydrogens (tertiary/aromatic N) is 4. The zero-order chi connectivity index (χ0) is 13.9. The van der Waals surface area contributed by atoms with Gasteiger partial charge in [-0.2, -0.15) is 5.10 Å². The normalized spacial score (nSPS) is 18.1. The average molecular weight is 275 g/mol. The van der Waals surface area contributed by atoms with Crippen molar-refractivity contribution in [2.75, 3.05) is 13.1 Å². The maximum Gasteiger partial charge on any atom is 0.262 e. The highest BCUT2D eigenvalue weighted by Crippen LogP contribution is 2.12. The van der Waals surface area contributed by atoms with Gasteiger partial charge in [-0.1, -0.05) is 19.3 Å². The topological polar surface area (TPSA) is 66.8 Å². The molecule has 0 amide bonds. The Kier molecular flexibility index (Phi) is 3.82. The first-order valence-corrected chi connectivity index (χ1v) is 7.37.